The van der Waals surface area contributed by atoms with Crippen molar-refractivity contribution >= 4 is 0 Å². The fourth-order valence-corrected chi connectivity index (χ4v) is 3.40. The molecule has 1 aliphatic heterocycles. The van der Waals surface area contributed by atoms with Crippen molar-refractivity contribution in [2.75, 3.05) is 13.2 Å². The summed E-state index contributed by atoms with van der Waals surface area (Å²) in [5, 5.41) is 3.69. The van der Waals surface area contributed by atoms with Crippen LogP contribution in [0.3, 0.4) is 0 Å². The fraction of sp³-hybridized carbons (Fsp3) is 0.667. The highest BCUT2D eigenvalue weighted by molar-refractivity contribution is 5.43. The minimum Gasteiger partial charge on any atom is -0.490 e. The van der Waals surface area contributed by atoms with Gasteiger partial charge in [-0.2, -0.15) is 0 Å². The molecule has 0 unspecified atom stereocenters. The largest absolute Gasteiger partial charge is 0.490 e. The zero-order valence-corrected chi connectivity index (χ0v) is 13.1. The van der Waals surface area contributed by atoms with Gasteiger partial charge in [-0.3, -0.25) is 0 Å². The van der Waals surface area contributed by atoms with Crippen molar-refractivity contribution in [2.24, 2.45) is 5.92 Å². The average molecular weight is 289 g/mol. The molecule has 1 aliphatic carbocycles. The predicted molar refractivity (Wildman–Crippen MR) is 84.9 cm³/mol. The molecule has 1 atom stereocenters. The van der Waals surface area contributed by atoms with Crippen LogP contribution in [-0.2, 0) is 6.54 Å². The first-order chi connectivity index (χ1) is 10.3. The first kappa shape index (κ1) is 14.7. The van der Waals surface area contributed by atoms with Crippen LogP contribution in [0.5, 0.6) is 11.5 Å². The van der Waals surface area contributed by atoms with E-state index in [2.05, 4.69) is 24.4 Å². The molecule has 0 bridgehead atoms. The van der Waals surface area contributed by atoms with E-state index < -0.39 is 0 Å². The molecule has 3 rings (SSSR count). The number of benzene rings is 1. The Hall–Kier alpha value is -1.22. The molecule has 1 aromatic rings. The highest BCUT2D eigenvalue weighted by Crippen LogP contribution is 2.31. The van der Waals surface area contributed by atoms with Crippen LogP contribution in [0.25, 0.3) is 0 Å². The number of hydrogen-bond donors (Lipinski definition) is 1. The quantitative estimate of drug-likeness (QED) is 0.911. The van der Waals surface area contributed by atoms with Gasteiger partial charge in [-0.25, -0.2) is 0 Å². The van der Waals surface area contributed by atoms with Crippen molar-refractivity contribution in [3.05, 3.63) is 23.8 Å². The molecule has 0 aromatic heterocycles. The van der Waals surface area contributed by atoms with E-state index in [0.717, 1.165) is 43.6 Å². The molecule has 21 heavy (non-hydrogen) atoms. The lowest BCUT2D eigenvalue weighted by Crippen LogP contribution is -2.34. The van der Waals surface area contributed by atoms with Gasteiger partial charge in [0, 0.05) is 19.0 Å². The normalized spacial score (nSPS) is 20.8. The van der Waals surface area contributed by atoms with E-state index >= 15 is 0 Å². The minimum absolute atomic E-state index is 0.598. The van der Waals surface area contributed by atoms with Crippen molar-refractivity contribution < 1.29 is 9.47 Å². The molecule has 116 valence electrons. The van der Waals surface area contributed by atoms with E-state index in [9.17, 15) is 0 Å². The molecule has 0 radical (unpaired) electrons. The van der Waals surface area contributed by atoms with Crippen LogP contribution in [0, 0.1) is 5.92 Å². The fourth-order valence-electron chi connectivity index (χ4n) is 3.40. The SMILES string of the molecule is C[C@H](NCc1ccc2c(c1)OCCCO2)C1CCCCC1. The van der Waals surface area contributed by atoms with Crippen molar-refractivity contribution in [1.29, 1.82) is 0 Å². The zero-order chi connectivity index (χ0) is 14.5. The molecule has 1 N–H and O–H groups in total. The van der Waals surface area contributed by atoms with Gasteiger partial charge in [0.1, 0.15) is 0 Å². The van der Waals surface area contributed by atoms with Crippen molar-refractivity contribution in [3.63, 3.8) is 0 Å². The lowest BCUT2D eigenvalue weighted by molar-refractivity contribution is 0.280. The lowest BCUT2D eigenvalue weighted by Gasteiger charge is -2.28. The molecule has 0 spiro atoms. The van der Waals surface area contributed by atoms with Crippen molar-refractivity contribution in [3.8, 4) is 11.5 Å². The standard InChI is InChI=1S/C18H27NO2/c1-14(16-6-3-2-4-7-16)19-13-15-8-9-17-18(12-15)21-11-5-10-20-17/h8-9,12,14,16,19H,2-7,10-11,13H2,1H3/t14-/m0/s1. The smallest absolute Gasteiger partial charge is 0.161 e. The third-order valence-electron chi connectivity index (χ3n) is 4.80. The van der Waals surface area contributed by atoms with E-state index in [1.807, 2.05) is 6.07 Å². The number of nitrogens with one attached hydrogen (secondary N) is 1. The Labute approximate surface area is 128 Å². The van der Waals surface area contributed by atoms with Gasteiger partial charge in [0.2, 0.25) is 0 Å². The summed E-state index contributed by atoms with van der Waals surface area (Å²) in [4.78, 5) is 0. The average Bonchev–Trinajstić information content (AvgIpc) is 2.78. The molecule has 0 saturated heterocycles. The van der Waals surface area contributed by atoms with Gasteiger partial charge in [0.05, 0.1) is 13.2 Å². The molecule has 0 amide bonds. The first-order valence-electron chi connectivity index (χ1n) is 8.45. The summed E-state index contributed by atoms with van der Waals surface area (Å²) in [5.41, 5.74) is 1.28. The van der Waals surface area contributed by atoms with Crippen LogP contribution in [0.1, 0.15) is 51.0 Å². The second-order valence-electron chi connectivity index (χ2n) is 6.40. The highest BCUT2D eigenvalue weighted by atomic mass is 16.5. The zero-order valence-electron chi connectivity index (χ0n) is 13.1. The van der Waals surface area contributed by atoms with Crippen LogP contribution in [0.2, 0.25) is 0 Å². The minimum atomic E-state index is 0.598. The molecule has 3 heteroatoms. The second-order valence-corrected chi connectivity index (χ2v) is 6.40. The van der Waals surface area contributed by atoms with E-state index in [1.54, 1.807) is 0 Å². The van der Waals surface area contributed by atoms with Gasteiger partial charge < -0.3 is 14.8 Å². The summed E-state index contributed by atoms with van der Waals surface area (Å²) in [6.07, 6.45) is 7.96. The lowest BCUT2D eigenvalue weighted by atomic mass is 9.84. The van der Waals surface area contributed by atoms with Crippen molar-refractivity contribution in [2.45, 2.75) is 58.0 Å². The molecular weight excluding hydrogens is 262 g/mol. The monoisotopic (exact) mass is 289 g/mol. The second kappa shape index (κ2) is 7.17. The third-order valence-corrected chi connectivity index (χ3v) is 4.80. The molecule has 1 heterocycles. The van der Waals surface area contributed by atoms with Gasteiger partial charge >= 0.3 is 0 Å². The van der Waals surface area contributed by atoms with Crippen LogP contribution >= 0.6 is 0 Å². The summed E-state index contributed by atoms with van der Waals surface area (Å²) in [7, 11) is 0. The molecule has 1 saturated carbocycles. The maximum Gasteiger partial charge on any atom is 0.161 e. The Morgan fingerprint density at radius 2 is 1.81 bits per heavy atom. The number of hydrogen-bond acceptors (Lipinski definition) is 3. The molecule has 3 nitrogen and oxygen atoms in total. The summed E-state index contributed by atoms with van der Waals surface area (Å²) < 4.78 is 11.4. The third kappa shape index (κ3) is 3.91. The highest BCUT2D eigenvalue weighted by Gasteiger charge is 2.19. The Morgan fingerprint density at radius 3 is 2.62 bits per heavy atom. The summed E-state index contributed by atoms with van der Waals surface area (Å²) in [5.74, 6) is 2.63. The first-order valence-corrected chi connectivity index (χ1v) is 8.45. The van der Waals surface area contributed by atoms with Gasteiger partial charge in [0.25, 0.3) is 0 Å². The molecule has 2 aliphatic rings. The van der Waals surface area contributed by atoms with Gasteiger partial charge in [0.15, 0.2) is 11.5 Å². The van der Waals surface area contributed by atoms with E-state index in [1.165, 1.54) is 37.7 Å². The summed E-state index contributed by atoms with van der Waals surface area (Å²) >= 11 is 0. The topological polar surface area (TPSA) is 30.5 Å². The van der Waals surface area contributed by atoms with Crippen LogP contribution < -0.4 is 14.8 Å². The maximum absolute atomic E-state index is 5.76. The van der Waals surface area contributed by atoms with Gasteiger partial charge in [-0.15, -0.1) is 0 Å². The Bertz CT molecular complexity index is 455. The predicted octanol–water partition coefficient (Wildman–Crippen LogP) is 3.91. The Balaban J connectivity index is 1.56. The van der Waals surface area contributed by atoms with Gasteiger partial charge in [-0.05, 0) is 43.4 Å². The van der Waals surface area contributed by atoms with Crippen LogP contribution in [0.4, 0.5) is 0 Å². The van der Waals surface area contributed by atoms with E-state index in [0.29, 0.717) is 6.04 Å². The summed E-state index contributed by atoms with van der Waals surface area (Å²) in [6, 6.07) is 6.92. The molecular formula is C18H27NO2. The Kier molecular flexibility index (Phi) is 5.02. The summed E-state index contributed by atoms with van der Waals surface area (Å²) in [6.45, 7) is 4.75. The molecule has 1 fully saturated rings. The maximum atomic E-state index is 5.76. The van der Waals surface area contributed by atoms with Gasteiger partial charge in [-0.1, -0.05) is 25.3 Å². The van der Waals surface area contributed by atoms with E-state index in [-0.39, 0.29) is 0 Å². The van der Waals surface area contributed by atoms with Crippen LogP contribution in [0.15, 0.2) is 18.2 Å². The van der Waals surface area contributed by atoms with Crippen molar-refractivity contribution in [1.82, 2.24) is 5.32 Å². The number of rotatable bonds is 4. The number of fused-ring (bicyclic) bond motifs is 1. The van der Waals surface area contributed by atoms with E-state index in [4.69, 9.17) is 9.47 Å². The Morgan fingerprint density at radius 1 is 1.05 bits per heavy atom. The number of ether oxygens (including phenoxy) is 2. The molecule has 1 aromatic carbocycles. The van der Waals surface area contributed by atoms with Crippen LogP contribution in [-0.4, -0.2) is 19.3 Å².